The first-order valence-electron chi connectivity index (χ1n) is 6.77. The number of para-hydroxylation sites is 1. The van der Waals surface area contributed by atoms with E-state index in [1.165, 1.54) is 5.56 Å². The number of hydrogen-bond donors (Lipinski definition) is 1. The van der Waals surface area contributed by atoms with Gasteiger partial charge in [-0.15, -0.1) is 0 Å². The third kappa shape index (κ3) is 3.23. The molecule has 1 aromatic heterocycles. The number of furan rings is 1. The molecule has 0 spiro atoms. The quantitative estimate of drug-likeness (QED) is 0.619. The summed E-state index contributed by atoms with van der Waals surface area (Å²) in [5.74, 6) is 0.958. The van der Waals surface area contributed by atoms with Gasteiger partial charge in [0.15, 0.2) is 0 Å². The average Bonchev–Trinajstić information content (AvgIpc) is 2.90. The number of fused-ring (bicyclic) bond motifs is 1. The molecular formula is C17H15Br2NO. The summed E-state index contributed by atoms with van der Waals surface area (Å²) in [5, 5.41) is 4.46. The molecule has 1 heterocycles. The zero-order valence-electron chi connectivity index (χ0n) is 11.6. The Morgan fingerprint density at radius 1 is 1.10 bits per heavy atom. The third-order valence-electron chi connectivity index (χ3n) is 3.54. The highest BCUT2D eigenvalue weighted by atomic mass is 79.9. The Balaban J connectivity index is 1.93. The Bertz CT molecular complexity index is 766. The molecule has 1 unspecified atom stereocenters. The first-order valence-corrected chi connectivity index (χ1v) is 8.35. The van der Waals surface area contributed by atoms with Gasteiger partial charge in [-0.2, -0.15) is 0 Å². The van der Waals surface area contributed by atoms with Crippen LogP contribution in [0.25, 0.3) is 11.0 Å². The molecule has 2 nitrogen and oxygen atoms in total. The van der Waals surface area contributed by atoms with Crippen LogP contribution >= 0.6 is 31.9 Å². The van der Waals surface area contributed by atoms with Gasteiger partial charge in [-0.1, -0.05) is 40.2 Å². The zero-order valence-corrected chi connectivity index (χ0v) is 14.7. The molecule has 0 aliphatic rings. The lowest BCUT2D eigenvalue weighted by molar-refractivity contribution is 0.450. The molecule has 0 saturated heterocycles. The summed E-state index contributed by atoms with van der Waals surface area (Å²) in [6.07, 6.45) is 0.882. The molecule has 21 heavy (non-hydrogen) atoms. The van der Waals surface area contributed by atoms with Gasteiger partial charge in [0.25, 0.3) is 0 Å². The highest BCUT2D eigenvalue weighted by Gasteiger charge is 2.16. The maximum absolute atomic E-state index is 6.03. The predicted octanol–water partition coefficient (Wildman–Crippen LogP) is 5.46. The van der Waals surface area contributed by atoms with E-state index in [4.69, 9.17) is 4.42 Å². The van der Waals surface area contributed by atoms with Crippen LogP contribution in [0.15, 0.2) is 61.9 Å². The highest BCUT2D eigenvalue weighted by Crippen LogP contribution is 2.31. The van der Waals surface area contributed by atoms with Crippen molar-refractivity contribution in [3.8, 4) is 0 Å². The summed E-state index contributed by atoms with van der Waals surface area (Å²) < 4.78 is 8.12. The molecule has 0 aliphatic heterocycles. The molecule has 3 aromatic rings. The summed E-state index contributed by atoms with van der Waals surface area (Å²) in [6.45, 7) is 0. The number of rotatable bonds is 4. The van der Waals surface area contributed by atoms with E-state index in [0.29, 0.717) is 0 Å². The Kier molecular flexibility index (Phi) is 4.48. The minimum absolute atomic E-state index is 0.151. The van der Waals surface area contributed by atoms with E-state index in [1.807, 2.05) is 25.2 Å². The van der Waals surface area contributed by atoms with Gasteiger partial charge < -0.3 is 9.73 Å². The van der Waals surface area contributed by atoms with Crippen LogP contribution in [0.5, 0.6) is 0 Å². The molecule has 1 N–H and O–H groups in total. The predicted molar refractivity (Wildman–Crippen MR) is 93.6 cm³/mol. The second-order valence-corrected chi connectivity index (χ2v) is 6.75. The number of likely N-dealkylation sites (N-methyl/N-ethyl adjacent to an activating group) is 1. The average molecular weight is 409 g/mol. The van der Waals surface area contributed by atoms with Crippen LogP contribution in [-0.4, -0.2) is 7.05 Å². The summed E-state index contributed by atoms with van der Waals surface area (Å²) in [7, 11) is 1.96. The van der Waals surface area contributed by atoms with E-state index >= 15 is 0 Å². The van der Waals surface area contributed by atoms with Crippen molar-refractivity contribution in [2.45, 2.75) is 12.5 Å². The van der Waals surface area contributed by atoms with Crippen molar-refractivity contribution in [1.82, 2.24) is 5.32 Å². The topological polar surface area (TPSA) is 25.2 Å². The lowest BCUT2D eigenvalue weighted by Gasteiger charge is -2.13. The van der Waals surface area contributed by atoms with Crippen LogP contribution in [0.3, 0.4) is 0 Å². The fraction of sp³-hybridized carbons (Fsp3) is 0.176. The van der Waals surface area contributed by atoms with Crippen LogP contribution in [-0.2, 0) is 6.42 Å². The van der Waals surface area contributed by atoms with E-state index in [2.05, 4.69) is 67.5 Å². The van der Waals surface area contributed by atoms with Gasteiger partial charge in [0.2, 0.25) is 0 Å². The van der Waals surface area contributed by atoms with E-state index in [0.717, 1.165) is 32.1 Å². The number of hydrogen-bond acceptors (Lipinski definition) is 2. The first-order chi connectivity index (χ1) is 10.2. The largest absolute Gasteiger partial charge is 0.458 e. The molecular weight excluding hydrogens is 394 g/mol. The second kappa shape index (κ2) is 6.34. The van der Waals surface area contributed by atoms with Crippen LogP contribution in [0.1, 0.15) is 17.4 Å². The molecule has 0 aliphatic carbocycles. The molecule has 1 atom stereocenters. The Morgan fingerprint density at radius 3 is 2.62 bits per heavy atom. The molecule has 0 radical (unpaired) electrons. The smallest absolute Gasteiger partial charge is 0.148 e. The maximum Gasteiger partial charge on any atom is 0.148 e. The zero-order chi connectivity index (χ0) is 14.8. The van der Waals surface area contributed by atoms with Gasteiger partial charge in [-0.05, 0) is 59.2 Å². The highest BCUT2D eigenvalue weighted by molar-refractivity contribution is 9.11. The van der Waals surface area contributed by atoms with Gasteiger partial charge in [-0.3, -0.25) is 0 Å². The Labute approximate surface area is 140 Å². The fourth-order valence-electron chi connectivity index (χ4n) is 2.46. The fourth-order valence-corrected chi connectivity index (χ4v) is 3.37. The minimum atomic E-state index is 0.151. The molecule has 0 amide bonds. The van der Waals surface area contributed by atoms with E-state index < -0.39 is 0 Å². The SMILES string of the molecule is CNC(Cc1cccc(Br)c1)c1cc2cccc(Br)c2o1. The van der Waals surface area contributed by atoms with Crippen molar-refractivity contribution in [1.29, 1.82) is 0 Å². The van der Waals surface area contributed by atoms with Gasteiger partial charge in [-0.25, -0.2) is 0 Å². The van der Waals surface area contributed by atoms with Crippen molar-refractivity contribution in [2.24, 2.45) is 0 Å². The molecule has 4 heteroatoms. The van der Waals surface area contributed by atoms with Crippen molar-refractivity contribution < 1.29 is 4.42 Å². The summed E-state index contributed by atoms with van der Waals surface area (Å²) in [5.41, 5.74) is 2.17. The van der Waals surface area contributed by atoms with Crippen molar-refractivity contribution >= 4 is 42.8 Å². The van der Waals surface area contributed by atoms with E-state index in [1.54, 1.807) is 0 Å². The molecule has 3 rings (SSSR count). The normalized spacial score (nSPS) is 12.7. The monoisotopic (exact) mass is 407 g/mol. The van der Waals surface area contributed by atoms with Crippen LogP contribution in [0.2, 0.25) is 0 Å². The minimum Gasteiger partial charge on any atom is -0.458 e. The molecule has 2 aromatic carbocycles. The molecule has 108 valence electrons. The van der Waals surface area contributed by atoms with Crippen molar-refractivity contribution in [3.05, 3.63) is 68.8 Å². The van der Waals surface area contributed by atoms with Crippen molar-refractivity contribution in [3.63, 3.8) is 0 Å². The lowest BCUT2D eigenvalue weighted by atomic mass is 10.0. The number of halogens is 2. The Hall–Kier alpha value is -1.10. The molecule has 0 fully saturated rings. The summed E-state index contributed by atoms with van der Waals surface area (Å²) in [4.78, 5) is 0. The summed E-state index contributed by atoms with van der Waals surface area (Å²) in [6, 6.07) is 16.7. The lowest BCUT2D eigenvalue weighted by Crippen LogP contribution is -2.18. The van der Waals surface area contributed by atoms with Gasteiger partial charge in [0.1, 0.15) is 11.3 Å². The van der Waals surface area contributed by atoms with Gasteiger partial charge in [0, 0.05) is 9.86 Å². The van der Waals surface area contributed by atoms with Crippen molar-refractivity contribution in [2.75, 3.05) is 7.05 Å². The Morgan fingerprint density at radius 2 is 1.90 bits per heavy atom. The van der Waals surface area contributed by atoms with Gasteiger partial charge in [0.05, 0.1) is 10.5 Å². The second-order valence-electron chi connectivity index (χ2n) is 4.98. The van der Waals surface area contributed by atoms with Crippen LogP contribution in [0, 0.1) is 0 Å². The van der Waals surface area contributed by atoms with Crippen LogP contribution < -0.4 is 5.32 Å². The maximum atomic E-state index is 6.03. The number of benzene rings is 2. The third-order valence-corrected chi connectivity index (χ3v) is 4.65. The first kappa shape index (κ1) is 14.8. The standard InChI is InChI=1S/C17H15Br2NO/c1-20-15(9-11-4-2-6-13(18)8-11)16-10-12-5-3-7-14(19)17(12)21-16/h2-8,10,15,20H,9H2,1H3. The van der Waals surface area contributed by atoms with E-state index in [9.17, 15) is 0 Å². The summed E-state index contributed by atoms with van der Waals surface area (Å²) >= 11 is 7.06. The number of nitrogens with one attached hydrogen (secondary N) is 1. The van der Waals surface area contributed by atoms with Gasteiger partial charge >= 0.3 is 0 Å². The molecule has 0 saturated carbocycles. The van der Waals surface area contributed by atoms with E-state index in [-0.39, 0.29) is 6.04 Å². The molecule has 0 bridgehead atoms. The van der Waals surface area contributed by atoms with Crippen LogP contribution in [0.4, 0.5) is 0 Å².